The minimum atomic E-state index is -0.613. The molecule has 2 aromatic carbocycles. The summed E-state index contributed by atoms with van der Waals surface area (Å²) in [5.41, 5.74) is 0.801. The van der Waals surface area contributed by atoms with Gasteiger partial charge < -0.3 is 24.6 Å². The van der Waals surface area contributed by atoms with Gasteiger partial charge in [-0.2, -0.15) is 0 Å². The van der Waals surface area contributed by atoms with Crippen LogP contribution in [0.5, 0.6) is 11.5 Å². The van der Waals surface area contributed by atoms with Gasteiger partial charge in [0.15, 0.2) is 18.0 Å². The Kier molecular flexibility index (Phi) is 5.43. The lowest BCUT2D eigenvalue weighted by Crippen LogP contribution is -3.15. The summed E-state index contributed by atoms with van der Waals surface area (Å²) in [6, 6.07) is 16.8. The molecule has 1 saturated heterocycles. The Morgan fingerprint density at radius 3 is 2.43 bits per heavy atom. The summed E-state index contributed by atoms with van der Waals surface area (Å²) in [4.78, 5) is 28.0. The van der Waals surface area contributed by atoms with E-state index in [1.54, 1.807) is 4.90 Å². The summed E-state index contributed by atoms with van der Waals surface area (Å²) >= 11 is 0. The Balaban J connectivity index is 1.25. The van der Waals surface area contributed by atoms with E-state index in [9.17, 15) is 9.59 Å². The van der Waals surface area contributed by atoms with Crippen molar-refractivity contribution in [2.45, 2.75) is 6.10 Å². The van der Waals surface area contributed by atoms with Gasteiger partial charge in [-0.25, -0.2) is 0 Å². The number of amides is 2. The van der Waals surface area contributed by atoms with Crippen LogP contribution in [0, 0.1) is 0 Å². The second-order valence-corrected chi connectivity index (χ2v) is 7.03. The number of carbonyl (C=O) groups excluding carboxylic acids is 2. The molecule has 0 saturated carbocycles. The van der Waals surface area contributed by atoms with Gasteiger partial charge in [-0.15, -0.1) is 0 Å². The lowest BCUT2D eigenvalue weighted by atomic mass is 10.2. The van der Waals surface area contributed by atoms with Crippen molar-refractivity contribution in [3.63, 3.8) is 0 Å². The normalized spacial score (nSPS) is 19.1. The number of hydrogen-bond acceptors (Lipinski definition) is 4. The van der Waals surface area contributed by atoms with Gasteiger partial charge in [0.1, 0.15) is 6.61 Å². The average Bonchev–Trinajstić information content (AvgIpc) is 2.74. The number of hydrogen-bond donors (Lipinski definition) is 2. The van der Waals surface area contributed by atoms with Gasteiger partial charge in [-0.1, -0.05) is 30.3 Å². The van der Waals surface area contributed by atoms with Crippen LogP contribution in [0.1, 0.15) is 0 Å². The van der Waals surface area contributed by atoms with Crippen LogP contribution in [-0.2, 0) is 9.59 Å². The average molecular weight is 382 g/mol. The van der Waals surface area contributed by atoms with Crippen LogP contribution in [-0.4, -0.2) is 62.1 Å². The number of carbonyl (C=O) groups is 2. The molecule has 2 aliphatic heterocycles. The number of nitrogens with zero attached hydrogens (tertiary/aromatic N) is 1. The minimum Gasteiger partial charge on any atom is -0.485 e. The fourth-order valence-corrected chi connectivity index (χ4v) is 3.52. The van der Waals surface area contributed by atoms with E-state index in [4.69, 9.17) is 9.47 Å². The maximum absolute atomic E-state index is 12.8. The van der Waals surface area contributed by atoms with E-state index < -0.39 is 6.10 Å². The molecule has 2 aromatic rings. The lowest BCUT2D eigenvalue weighted by Gasteiger charge is -2.35. The predicted octanol–water partition coefficient (Wildman–Crippen LogP) is 0.192. The Morgan fingerprint density at radius 2 is 1.68 bits per heavy atom. The monoisotopic (exact) mass is 382 g/mol. The third-order valence-corrected chi connectivity index (χ3v) is 5.03. The van der Waals surface area contributed by atoms with Crippen molar-refractivity contribution < 1.29 is 24.0 Å². The van der Waals surface area contributed by atoms with E-state index in [1.165, 1.54) is 4.90 Å². The molecule has 0 radical (unpaired) electrons. The molecule has 1 fully saturated rings. The highest BCUT2D eigenvalue weighted by molar-refractivity contribution is 5.91. The van der Waals surface area contributed by atoms with Crippen molar-refractivity contribution in [3.05, 3.63) is 54.6 Å². The molecule has 0 spiro atoms. The van der Waals surface area contributed by atoms with Gasteiger partial charge in [0.05, 0.1) is 26.2 Å². The van der Waals surface area contributed by atoms with E-state index in [0.717, 1.165) is 18.8 Å². The van der Waals surface area contributed by atoms with Crippen molar-refractivity contribution in [2.75, 3.05) is 44.6 Å². The third kappa shape index (κ3) is 4.26. The van der Waals surface area contributed by atoms with Crippen LogP contribution in [0.15, 0.2) is 54.6 Å². The van der Waals surface area contributed by atoms with Gasteiger partial charge in [0.25, 0.3) is 11.8 Å². The maximum Gasteiger partial charge on any atom is 0.279 e. The van der Waals surface area contributed by atoms with Gasteiger partial charge in [-0.3, -0.25) is 9.59 Å². The molecule has 1 atom stereocenters. The summed E-state index contributed by atoms with van der Waals surface area (Å²) < 4.78 is 11.5. The quantitative estimate of drug-likeness (QED) is 0.792. The number of quaternary nitrogens is 1. The van der Waals surface area contributed by atoms with E-state index in [-0.39, 0.29) is 18.4 Å². The summed E-state index contributed by atoms with van der Waals surface area (Å²) in [6.45, 7) is 3.30. The number of piperazine rings is 1. The number of rotatable bonds is 4. The molecular formula is C21H24N3O4+. The zero-order chi connectivity index (χ0) is 19.3. The SMILES string of the molecule is O=C(C[NH+]1CCN(C(=O)[C@H]2COc3ccccc3O2)CC1)Nc1ccccc1. The molecule has 0 aromatic heterocycles. The number of nitrogens with one attached hydrogen (secondary N) is 2. The Hall–Kier alpha value is -3.06. The van der Waals surface area contributed by atoms with E-state index >= 15 is 0 Å². The number of anilines is 1. The number of fused-ring (bicyclic) bond motifs is 1. The topological polar surface area (TPSA) is 72.3 Å². The van der Waals surface area contributed by atoms with Gasteiger partial charge in [0.2, 0.25) is 6.10 Å². The van der Waals surface area contributed by atoms with Gasteiger partial charge in [0, 0.05) is 5.69 Å². The number of benzene rings is 2. The van der Waals surface area contributed by atoms with Crippen LogP contribution < -0.4 is 19.7 Å². The molecule has 2 amide bonds. The fourth-order valence-electron chi connectivity index (χ4n) is 3.52. The Labute approximate surface area is 163 Å². The molecule has 2 aliphatic rings. The largest absolute Gasteiger partial charge is 0.485 e. The Morgan fingerprint density at radius 1 is 1.00 bits per heavy atom. The van der Waals surface area contributed by atoms with Crippen LogP contribution >= 0.6 is 0 Å². The first-order valence-electron chi connectivity index (χ1n) is 9.55. The standard InChI is InChI=1S/C21H23N3O4/c25-20(22-16-6-2-1-3-7-16)14-23-10-12-24(13-11-23)21(26)19-15-27-17-8-4-5-9-18(17)28-19/h1-9,19H,10-15H2,(H,22,25)/p+1/t19-/m1/s1. The van der Waals surface area contributed by atoms with Crippen LogP contribution in [0.3, 0.4) is 0 Å². The van der Waals surface area contributed by atoms with Crippen LogP contribution in [0.25, 0.3) is 0 Å². The number of para-hydroxylation sites is 3. The molecule has 0 unspecified atom stereocenters. The fraction of sp³-hybridized carbons (Fsp3) is 0.333. The van der Waals surface area contributed by atoms with E-state index in [2.05, 4.69) is 5.32 Å². The molecule has 7 heteroatoms. The highest BCUT2D eigenvalue weighted by atomic mass is 16.6. The molecule has 0 bridgehead atoms. The molecular weight excluding hydrogens is 358 g/mol. The van der Waals surface area contributed by atoms with Crippen molar-refractivity contribution in [1.29, 1.82) is 0 Å². The molecule has 2 N–H and O–H groups in total. The molecule has 0 aliphatic carbocycles. The van der Waals surface area contributed by atoms with Crippen molar-refractivity contribution >= 4 is 17.5 Å². The molecule has 146 valence electrons. The minimum absolute atomic E-state index is 0.0124. The summed E-state index contributed by atoms with van der Waals surface area (Å²) in [5.74, 6) is 1.21. The summed E-state index contributed by atoms with van der Waals surface area (Å²) in [7, 11) is 0. The zero-order valence-electron chi connectivity index (χ0n) is 15.6. The highest BCUT2D eigenvalue weighted by Gasteiger charge is 2.34. The summed E-state index contributed by atoms with van der Waals surface area (Å²) in [6.07, 6.45) is -0.613. The van der Waals surface area contributed by atoms with E-state index in [1.807, 2.05) is 54.6 Å². The highest BCUT2D eigenvalue weighted by Crippen LogP contribution is 2.31. The van der Waals surface area contributed by atoms with Crippen molar-refractivity contribution in [1.82, 2.24) is 4.90 Å². The predicted molar refractivity (Wildman–Crippen MR) is 104 cm³/mol. The summed E-state index contributed by atoms with van der Waals surface area (Å²) in [5, 5.41) is 2.91. The first-order valence-corrected chi connectivity index (χ1v) is 9.55. The van der Waals surface area contributed by atoms with Crippen molar-refractivity contribution in [2.24, 2.45) is 0 Å². The smallest absolute Gasteiger partial charge is 0.279 e. The second kappa shape index (κ2) is 8.31. The maximum atomic E-state index is 12.8. The molecule has 2 heterocycles. The van der Waals surface area contributed by atoms with Crippen LogP contribution in [0.4, 0.5) is 5.69 Å². The first kappa shape index (κ1) is 18.3. The lowest BCUT2D eigenvalue weighted by molar-refractivity contribution is -0.895. The first-order chi connectivity index (χ1) is 13.7. The number of ether oxygens (including phenoxy) is 2. The zero-order valence-corrected chi connectivity index (χ0v) is 15.6. The van der Waals surface area contributed by atoms with Crippen molar-refractivity contribution in [3.8, 4) is 11.5 Å². The molecule has 4 rings (SSSR count). The second-order valence-electron chi connectivity index (χ2n) is 7.03. The van der Waals surface area contributed by atoms with E-state index in [0.29, 0.717) is 31.1 Å². The van der Waals surface area contributed by atoms with Gasteiger partial charge in [-0.05, 0) is 24.3 Å². The Bertz CT molecular complexity index is 835. The van der Waals surface area contributed by atoms with Crippen LogP contribution in [0.2, 0.25) is 0 Å². The van der Waals surface area contributed by atoms with Gasteiger partial charge >= 0.3 is 0 Å². The molecule has 7 nitrogen and oxygen atoms in total. The molecule has 28 heavy (non-hydrogen) atoms. The third-order valence-electron chi connectivity index (χ3n) is 5.03.